The third kappa shape index (κ3) is 4.23. The zero-order chi connectivity index (χ0) is 16.1. The highest BCUT2D eigenvalue weighted by Crippen LogP contribution is 2.15. The van der Waals surface area contributed by atoms with Crippen LogP contribution in [0.1, 0.15) is 11.1 Å². The molecule has 5 nitrogen and oxygen atoms in total. The highest BCUT2D eigenvalue weighted by Gasteiger charge is 2.02. The number of benzene rings is 2. The van der Waals surface area contributed by atoms with Gasteiger partial charge in [0.1, 0.15) is 5.82 Å². The van der Waals surface area contributed by atoms with Crippen molar-refractivity contribution in [3.05, 3.63) is 71.7 Å². The largest absolute Gasteiger partial charge is 0.365 e. The first-order valence-corrected chi connectivity index (χ1v) is 7.21. The monoisotopic (exact) mass is 309 g/mol. The summed E-state index contributed by atoms with van der Waals surface area (Å²) in [5.74, 6) is 0.584. The Kier molecular flexibility index (Phi) is 4.42. The number of hydrogen-bond donors (Lipinski definition) is 2. The van der Waals surface area contributed by atoms with Crippen molar-refractivity contribution in [2.24, 2.45) is 0 Å². The van der Waals surface area contributed by atoms with Crippen molar-refractivity contribution in [2.45, 2.75) is 13.5 Å². The molecule has 6 heteroatoms. The van der Waals surface area contributed by atoms with E-state index < -0.39 is 0 Å². The van der Waals surface area contributed by atoms with E-state index in [9.17, 15) is 4.39 Å². The van der Waals surface area contributed by atoms with Crippen LogP contribution in [0.4, 0.5) is 21.8 Å². The summed E-state index contributed by atoms with van der Waals surface area (Å²) in [6.45, 7) is 2.69. The second kappa shape index (κ2) is 6.83. The van der Waals surface area contributed by atoms with Gasteiger partial charge in [0, 0.05) is 12.2 Å². The van der Waals surface area contributed by atoms with Crippen LogP contribution in [0, 0.1) is 12.7 Å². The first-order valence-electron chi connectivity index (χ1n) is 7.21. The van der Waals surface area contributed by atoms with Crippen LogP contribution >= 0.6 is 0 Å². The average Bonchev–Trinajstić information content (AvgIpc) is 2.55. The van der Waals surface area contributed by atoms with Gasteiger partial charge in [0.05, 0.1) is 6.20 Å². The molecule has 0 spiro atoms. The van der Waals surface area contributed by atoms with E-state index >= 15 is 0 Å². The Hall–Kier alpha value is -3.02. The minimum Gasteiger partial charge on any atom is -0.365 e. The maximum atomic E-state index is 13.2. The molecule has 0 aliphatic carbocycles. The third-order valence-corrected chi connectivity index (χ3v) is 3.23. The highest BCUT2D eigenvalue weighted by atomic mass is 19.1. The van der Waals surface area contributed by atoms with Gasteiger partial charge in [0.2, 0.25) is 5.95 Å². The predicted molar refractivity (Wildman–Crippen MR) is 88.0 cm³/mol. The molecule has 1 heterocycles. The minimum atomic E-state index is -0.323. The fraction of sp³-hybridized carbons (Fsp3) is 0.118. The molecule has 0 saturated carbocycles. The van der Waals surface area contributed by atoms with Crippen LogP contribution in [0.5, 0.6) is 0 Å². The smallest absolute Gasteiger partial charge is 0.249 e. The molecule has 3 aromatic rings. The van der Waals surface area contributed by atoms with Crippen molar-refractivity contribution in [1.82, 2.24) is 15.2 Å². The normalized spacial score (nSPS) is 10.3. The number of hydrogen-bond acceptors (Lipinski definition) is 5. The third-order valence-electron chi connectivity index (χ3n) is 3.23. The number of aryl methyl sites for hydroxylation is 1. The molecule has 23 heavy (non-hydrogen) atoms. The molecule has 1 aromatic heterocycles. The summed E-state index contributed by atoms with van der Waals surface area (Å²) in [6.07, 6.45) is 1.55. The number of anilines is 3. The molecule has 0 saturated heterocycles. The van der Waals surface area contributed by atoms with Crippen LogP contribution in [0.3, 0.4) is 0 Å². The standard InChI is InChI=1S/C17H16FN5/c1-12-5-7-13(8-6-12)10-19-16-11-20-23-17(22-16)21-15-4-2-3-14(18)9-15/h2-9,11H,10H2,1H3,(H2,19,21,22,23). The van der Waals surface area contributed by atoms with Crippen LogP contribution in [0.15, 0.2) is 54.7 Å². The fourth-order valence-electron chi connectivity index (χ4n) is 2.04. The van der Waals surface area contributed by atoms with E-state index in [0.29, 0.717) is 24.0 Å². The van der Waals surface area contributed by atoms with Gasteiger partial charge in [-0.1, -0.05) is 35.9 Å². The molecule has 0 aliphatic rings. The molecule has 0 unspecified atom stereocenters. The quantitative estimate of drug-likeness (QED) is 0.753. The fourth-order valence-corrected chi connectivity index (χ4v) is 2.04. The molecule has 0 amide bonds. The molecule has 116 valence electrons. The van der Waals surface area contributed by atoms with Crippen molar-refractivity contribution in [2.75, 3.05) is 10.6 Å². The first kappa shape index (κ1) is 14.9. The zero-order valence-corrected chi connectivity index (χ0v) is 12.6. The van der Waals surface area contributed by atoms with E-state index in [0.717, 1.165) is 5.56 Å². The number of aromatic nitrogens is 3. The van der Waals surface area contributed by atoms with Crippen LogP contribution in [0.2, 0.25) is 0 Å². The van der Waals surface area contributed by atoms with Crippen LogP contribution in [-0.2, 0) is 6.54 Å². The SMILES string of the molecule is Cc1ccc(CNc2cnnc(Nc3cccc(F)c3)n2)cc1. The van der Waals surface area contributed by atoms with Gasteiger partial charge in [-0.15, -0.1) is 5.10 Å². The van der Waals surface area contributed by atoms with Gasteiger partial charge < -0.3 is 10.6 Å². The summed E-state index contributed by atoms with van der Waals surface area (Å²) in [4.78, 5) is 4.31. The molecule has 2 N–H and O–H groups in total. The van der Waals surface area contributed by atoms with E-state index in [-0.39, 0.29) is 5.82 Å². The van der Waals surface area contributed by atoms with Gasteiger partial charge in [0.15, 0.2) is 5.82 Å². The Morgan fingerprint density at radius 1 is 1.09 bits per heavy atom. The minimum absolute atomic E-state index is 0.310. The van der Waals surface area contributed by atoms with Crippen molar-refractivity contribution in [1.29, 1.82) is 0 Å². The molecule has 0 aliphatic heterocycles. The van der Waals surface area contributed by atoms with E-state index in [1.54, 1.807) is 18.3 Å². The van der Waals surface area contributed by atoms with Crippen LogP contribution in [-0.4, -0.2) is 15.2 Å². The van der Waals surface area contributed by atoms with Gasteiger partial charge in [-0.05, 0) is 30.7 Å². The lowest BCUT2D eigenvalue weighted by atomic mass is 10.1. The van der Waals surface area contributed by atoms with Crippen molar-refractivity contribution >= 4 is 17.5 Å². The van der Waals surface area contributed by atoms with Gasteiger partial charge in [-0.2, -0.15) is 10.1 Å². The summed E-state index contributed by atoms with van der Waals surface area (Å²) < 4.78 is 13.2. The number of halogens is 1. The second-order valence-electron chi connectivity index (χ2n) is 5.14. The van der Waals surface area contributed by atoms with Gasteiger partial charge >= 0.3 is 0 Å². The van der Waals surface area contributed by atoms with Gasteiger partial charge in [-0.25, -0.2) is 4.39 Å². The number of rotatable bonds is 5. The molecular formula is C17H16FN5. The molecule has 0 radical (unpaired) electrons. The Morgan fingerprint density at radius 3 is 2.70 bits per heavy atom. The Balaban J connectivity index is 1.66. The lowest BCUT2D eigenvalue weighted by Gasteiger charge is -2.08. The predicted octanol–water partition coefficient (Wildman–Crippen LogP) is 3.67. The Bertz CT molecular complexity index is 789. The van der Waals surface area contributed by atoms with Gasteiger partial charge in [0.25, 0.3) is 0 Å². The van der Waals surface area contributed by atoms with Crippen LogP contribution < -0.4 is 10.6 Å². The van der Waals surface area contributed by atoms with Crippen molar-refractivity contribution in [3.63, 3.8) is 0 Å². The van der Waals surface area contributed by atoms with Crippen molar-refractivity contribution in [3.8, 4) is 0 Å². The Labute approximate surface area is 133 Å². The molecule has 0 fully saturated rings. The summed E-state index contributed by atoms with van der Waals surface area (Å²) in [6, 6.07) is 14.3. The number of nitrogens with one attached hydrogen (secondary N) is 2. The van der Waals surface area contributed by atoms with E-state index in [1.165, 1.54) is 17.7 Å². The molecule has 0 atom stereocenters. The highest BCUT2D eigenvalue weighted by molar-refractivity contribution is 5.53. The molecule has 3 rings (SSSR count). The lowest BCUT2D eigenvalue weighted by Crippen LogP contribution is -2.05. The maximum Gasteiger partial charge on any atom is 0.249 e. The summed E-state index contributed by atoms with van der Waals surface area (Å²) >= 11 is 0. The van der Waals surface area contributed by atoms with E-state index in [4.69, 9.17) is 0 Å². The van der Waals surface area contributed by atoms with Crippen molar-refractivity contribution < 1.29 is 4.39 Å². The first-order chi connectivity index (χ1) is 11.2. The summed E-state index contributed by atoms with van der Waals surface area (Å²) in [5.41, 5.74) is 2.94. The van der Waals surface area contributed by atoms with E-state index in [1.807, 2.05) is 0 Å². The van der Waals surface area contributed by atoms with E-state index in [2.05, 4.69) is 57.0 Å². The van der Waals surface area contributed by atoms with Gasteiger partial charge in [-0.3, -0.25) is 0 Å². The topological polar surface area (TPSA) is 62.7 Å². The zero-order valence-electron chi connectivity index (χ0n) is 12.6. The second-order valence-corrected chi connectivity index (χ2v) is 5.14. The number of nitrogens with zero attached hydrogens (tertiary/aromatic N) is 3. The maximum absolute atomic E-state index is 13.2. The summed E-state index contributed by atoms with van der Waals surface area (Å²) in [7, 11) is 0. The molecule has 2 aromatic carbocycles. The Morgan fingerprint density at radius 2 is 1.91 bits per heavy atom. The molecule has 0 bridgehead atoms. The van der Waals surface area contributed by atoms with Crippen LogP contribution in [0.25, 0.3) is 0 Å². The average molecular weight is 309 g/mol. The summed E-state index contributed by atoms with van der Waals surface area (Å²) in [5, 5.41) is 13.9. The molecular weight excluding hydrogens is 293 g/mol. The lowest BCUT2D eigenvalue weighted by molar-refractivity contribution is 0.628.